The third-order valence-electron chi connectivity index (χ3n) is 4.79. The van der Waals surface area contributed by atoms with Gasteiger partial charge in [-0.25, -0.2) is 0 Å². The second kappa shape index (κ2) is 5.64. The van der Waals surface area contributed by atoms with Crippen molar-refractivity contribution in [1.29, 1.82) is 0 Å². The molecule has 1 nitrogen and oxygen atoms in total. The minimum Gasteiger partial charge on any atom is -0.309 e. The molecule has 1 heterocycles. The van der Waals surface area contributed by atoms with Crippen LogP contribution in [0.5, 0.6) is 0 Å². The lowest BCUT2D eigenvalue weighted by molar-refractivity contribution is 1.18. The summed E-state index contributed by atoms with van der Waals surface area (Å²) in [5.41, 5.74) is 6.16. The third kappa shape index (κ3) is 2.25. The van der Waals surface area contributed by atoms with E-state index >= 15 is 0 Å². The van der Waals surface area contributed by atoms with Gasteiger partial charge in [0, 0.05) is 16.5 Å². The van der Waals surface area contributed by atoms with E-state index < -0.39 is 0 Å². The Morgan fingerprint density at radius 2 is 1.00 bits per heavy atom. The van der Waals surface area contributed by atoms with E-state index in [1.54, 1.807) is 0 Å². The second-order valence-corrected chi connectivity index (χ2v) is 6.29. The van der Waals surface area contributed by atoms with Gasteiger partial charge in [-0.2, -0.15) is 0 Å². The first-order valence-corrected chi connectivity index (χ1v) is 8.56. The Morgan fingerprint density at radius 1 is 0.440 bits per heavy atom. The highest BCUT2D eigenvalue weighted by atomic mass is 15.0. The molecule has 0 radical (unpaired) electrons. The van der Waals surface area contributed by atoms with Crippen LogP contribution in [0.25, 0.3) is 38.6 Å². The maximum Gasteiger partial charge on any atom is 0.0541 e. The standard InChI is InChI=1S/C24H17N/c1-2-9-18(10-3-1)19-11-8-12-20(17-19)25-23-15-6-4-13-21(23)22-14-5-7-16-24(22)25/h1-17H. The van der Waals surface area contributed by atoms with Gasteiger partial charge in [-0.3, -0.25) is 0 Å². The fourth-order valence-corrected chi connectivity index (χ4v) is 3.66. The Balaban J connectivity index is 1.81. The molecule has 0 aliphatic heterocycles. The molecule has 5 rings (SSSR count). The molecule has 118 valence electrons. The molecule has 5 aromatic rings. The number of aromatic nitrogens is 1. The van der Waals surface area contributed by atoms with Crippen molar-refractivity contribution in [2.75, 3.05) is 0 Å². The minimum absolute atomic E-state index is 1.19. The van der Waals surface area contributed by atoms with Crippen LogP contribution in [-0.4, -0.2) is 4.57 Å². The summed E-state index contributed by atoms with van der Waals surface area (Å²) in [5.74, 6) is 0. The highest BCUT2D eigenvalue weighted by Gasteiger charge is 2.11. The largest absolute Gasteiger partial charge is 0.309 e. The number of benzene rings is 4. The first-order valence-electron chi connectivity index (χ1n) is 8.56. The highest BCUT2D eigenvalue weighted by molar-refractivity contribution is 6.09. The third-order valence-corrected chi connectivity index (χ3v) is 4.79. The maximum atomic E-state index is 2.36. The molecule has 0 unspecified atom stereocenters. The smallest absolute Gasteiger partial charge is 0.0541 e. The first kappa shape index (κ1) is 14.1. The fraction of sp³-hybridized carbons (Fsp3) is 0. The molecule has 4 aromatic carbocycles. The molecule has 0 amide bonds. The van der Waals surface area contributed by atoms with Crippen LogP contribution < -0.4 is 0 Å². The van der Waals surface area contributed by atoms with Crippen LogP contribution in [0.3, 0.4) is 0 Å². The SMILES string of the molecule is c1ccc(-c2cccc(-n3c4ccccc4c4ccccc43)c2)cc1. The van der Waals surface area contributed by atoms with E-state index in [-0.39, 0.29) is 0 Å². The summed E-state index contributed by atoms with van der Waals surface area (Å²) >= 11 is 0. The van der Waals surface area contributed by atoms with Crippen molar-refractivity contribution in [1.82, 2.24) is 4.57 Å². The molecule has 1 aromatic heterocycles. The highest BCUT2D eigenvalue weighted by Crippen LogP contribution is 2.32. The fourth-order valence-electron chi connectivity index (χ4n) is 3.66. The van der Waals surface area contributed by atoms with Crippen LogP contribution in [0.15, 0.2) is 103 Å². The minimum atomic E-state index is 1.19. The van der Waals surface area contributed by atoms with Gasteiger partial charge in [0.25, 0.3) is 0 Å². The second-order valence-electron chi connectivity index (χ2n) is 6.29. The topological polar surface area (TPSA) is 4.93 Å². The number of hydrogen-bond acceptors (Lipinski definition) is 0. The zero-order chi connectivity index (χ0) is 16.6. The Hall–Kier alpha value is -3.32. The molecule has 0 atom stereocenters. The number of para-hydroxylation sites is 2. The molecule has 25 heavy (non-hydrogen) atoms. The van der Waals surface area contributed by atoms with Crippen LogP contribution >= 0.6 is 0 Å². The van der Waals surface area contributed by atoms with Crippen molar-refractivity contribution in [3.05, 3.63) is 103 Å². The molecule has 0 fully saturated rings. The predicted octanol–water partition coefficient (Wildman–Crippen LogP) is 6.45. The first-order chi connectivity index (χ1) is 12.4. The van der Waals surface area contributed by atoms with Crippen molar-refractivity contribution < 1.29 is 0 Å². The number of rotatable bonds is 2. The lowest BCUT2D eigenvalue weighted by atomic mass is 10.1. The van der Waals surface area contributed by atoms with Gasteiger partial charge in [-0.05, 0) is 35.4 Å². The van der Waals surface area contributed by atoms with Gasteiger partial charge in [-0.1, -0.05) is 78.9 Å². The lowest BCUT2D eigenvalue weighted by Gasteiger charge is -2.10. The monoisotopic (exact) mass is 319 g/mol. The summed E-state index contributed by atoms with van der Waals surface area (Å²) in [7, 11) is 0. The maximum absolute atomic E-state index is 2.36. The summed E-state index contributed by atoms with van der Waals surface area (Å²) in [6, 6.07) is 36.6. The van der Waals surface area contributed by atoms with E-state index in [4.69, 9.17) is 0 Å². The number of hydrogen-bond donors (Lipinski definition) is 0. The van der Waals surface area contributed by atoms with Crippen LogP contribution in [0.2, 0.25) is 0 Å². The molecule has 1 heteroatoms. The quantitative estimate of drug-likeness (QED) is 0.352. The summed E-state index contributed by atoms with van der Waals surface area (Å²) in [5, 5.41) is 2.59. The Kier molecular flexibility index (Phi) is 3.17. The zero-order valence-corrected chi connectivity index (χ0v) is 13.8. The van der Waals surface area contributed by atoms with Crippen LogP contribution in [0.1, 0.15) is 0 Å². The lowest BCUT2D eigenvalue weighted by Crippen LogP contribution is -1.94. The van der Waals surface area contributed by atoms with Gasteiger partial charge in [-0.15, -0.1) is 0 Å². The number of fused-ring (bicyclic) bond motifs is 3. The van der Waals surface area contributed by atoms with Crippen molar-refractivity contribution in [3.63, 3.8) is 0 Å². The van der Waals surface area contributed by atoms with E-state index in [1.165, 1.54) is 38.6 Å². The average molecular weight is 319 g/mol. The molecule has 0 aliphatic carbocycles. The van der Waals surface area contributed by atoms with Gasteiger partial charge >= 0.3 is 0 Å². The Labute approximate surface area is 146 Å². The molecule has 0 N–H and O–H groups in total. The zero-order valence-electron chi connectivity index (χ0n) is 13.8. The Morgan fingerprint density at radius 3 is 1.68 bits per heavy atom. The molecule has 0 bridgehead atoms. The van der Waals surface area contributed by atoms with Gasteiger partial charge in [0.15, 0.2) is 0 Å². The summed E-state index contributed by atoms with van der Waals surface area (Å²) in [4.78, 5) is 0. The van der Waals surface area contributed by atoms with Gasteiger partial charge in [0.05, 0.1) is 11.0 Å². The van der Waals surface area contributed by atoms with E-state index in [2.05, 4.69) is 108 Å². The van der Waals surface area contributed by atoms with Crippen molar-refractivity contribution in [2.24, 2.45) is 0 Å². The van der Waals surface area contributed by atoms with E-state index in [0.717, 1.165) is 0 Å². The summed E-state index contributed by atoms with van der Waals surface area (Å²) < 4.78 is 2.36. The number of nitrogens with zero attached hydrogens (tertiary/aromatic N) is 1. The van der Waals surface area contributed by atoms with E-state index in [1.807, 2.05) is 0 Å². The van der Waals surface area contributed by atoms with Crippen LogP contribution in [0, 0.1) is 0 Å². The van der Waals surface area contributed by atoms with Gasteiger partial charge in [0.2, 0.25) is 0 Å². The summed E-state index contributed by atoms with van der Waals surface area (Å²) in [6.45, 7) is 0. The molecule has 0 saturated carbocycles. The van der Waals surface area contributed by atoms with Crippen molar-refractivity contribution in [3.8, 4) is 16.8 Å². The van der Waals surface area contributed by atoms with Crippen LogP contribution in [-0.2, 0) is 0 Å². The molecule has 0 spiro atoms. The predicted molar refractivity (Wildman–Crippen MR) is 106 cm³/mol. The Bertz CT molecular complexity index is 1130. The molecular formula is C24H17N. The van der Waals surface area contributed by atoms with Crippen molar-refractivity contribution >= 4 is 21.8 Å². The van der Waals surface area contributed by atoms with E-state index in [9.17, 15) is 0 Å². The molecule has 0 saturated heterocycles. The van der Waals surface area contributed by atoms with Gasteiger partial charge < -0.3 is 4.57 Å². The molecule has 0 aliphatic rings. The van der Waals surface area contributed by atoms with Crippen LogP contribution in [0.4, 0.5) is 0 Å². The molecular weight excluding hydrogens is 302 g/mol. The average Bonchev–Trinajstić information content (AvgIpc) is 3.03. The summed E-state index contributed by atoms with van der Waals surface area (Å²) in [6.07, 6.45) is 0. The normalized spacial score (nSPS) is 11.2. The van der Waals surface area contributed by atoms with Gasteiger partial charge in [0.1, 0.15) is 0 Å². The van der Waals surface area contributed by atoms with Crippen molar-refractivity contribution in [2.45, 2.75) is 0 Å². The van der Waals surface area contributed by atoms with E-state index in [0.29, 0.717) is 0 Å².